The number of aliphatic carboxylic acids is 1. The van der Waals surface area contributed by atoms with Crippen LogP contribution in [0.3, 0.4) is 0 Å². The molecule has 1 aliphatic rings. The zero-order valence-corrected chi connectivity index (χ0v) is 13.2. The summed E-state index contributed by atoms with van der Waals surface area (Å²) >= 11 is 0. The highest BCUT2D eigenvalue weighted by molar-refractivity contribution is 5.71. The van der Waals surface area contributed by atoms with E-state index in [4.69, 9.17) is 0 Å². The van der Waals surface area contributed by atoms with Gasteiger partial charge in [0.1, 0.15) is 0 Å². The van der Waals surface area contributed by atoms with Gasteiger partial charge in [-0.05, 0) is 48.3 Å². The van der Waals surface area contributed by atoms with E-state index in [1.165, 1.54) is 11.1 Å². The van der Waals surface area contributed by atoms with Gasteiger partial charge in [0.05, 0.1) is 12.0 Å². The summed E-state index contributed by atoms with van der Waals surface area (Å²) in [6.45, 7) is 6.31. The van der Waals surface area contributed by atoms with Crippen molar-refractivity contribution in [2.24, 2.45) is 17.8 Å². The maximum Gasteiger partial charge on any atom is 0.306 e. The average Bonchev–Trinajstić information content (AvgIpc) is 2.88. The van der Waals surface area contributed by atoms with Crippen LogP contribution in [-0.4, -0.2) is 16.2 Å². The lowest BCUT2D eigenvalue weighted by molar-refractivity contribution is -0.144. The van der Waals surface area contributed by atoms with E-state index in [2.05, 4.69) is 32.9 Å². The van der Waals surface area contributed by atoms with E-state index in [9.17, 15) is 15.0 Å². The number of carboxylic acids is 1. The summed E-state index contributed by atoms with van der Waals surface area (Å²) in [6, 6.07) is 6.10. The first-order valence-electron chi connectivity index (χ1n) is 8.00. The fourth-order valence-corrected chi connectivity index (χ4v) is 3.72. The number of hydrogen-bond donors (Lipinski definition) is 2. The normalized spacial score (nSPS) is 26.8. The molecule has 1 aromatic carbocycles. The molecule has 4 atom stereocenters. The Morgan fingerprint density at radius 1 is 1.24 bits per heavy atom. The van der Waals surface area contributed by atoms with Crippen LogP contribution in [0.2, 0.25) is 0 Å². The first kappa shape index (κ1) is 16.0. The van der Waals surface area contributed by atoms with Crippen LogP contribution in [0.25, 0.3) is 0 Å². The summed E-state index contributed by atoms with van der Waals surface area (Å²) < 4.78 is 0. The van der Waals surface area contributed by atoms with Gasteiger partial charge in [0.2, 0.25) is 0 Å². The van der Waals surface area contributed by atoms with Gasteiger partial charge in [-0.1, -0.05) is 39.0 Å². The molecule has 0 amide bonds. The number of rotatable bonds is 5. The molecule has 2 N–H and O–H groups in total. The molecule has 0 bridgehead atoms. The summed E-state index contributed by atoms with van der Waals surface area (Å²) in [5.41, 5.74) is 3.43. The molecule has 3 heteroatoms. The topological polar surface area (TPSA) is 57.5 Å². The molecular weight excluding hydrogens is 264 g/mol. The lowest BCUT2D eigenvalue weighted by Crippen LogP contribution is -2.24. The van der Waals surface area contributed by atoms with Crippen molar-refractivity contribution >= 4 is 5.97 Å². The number of aliphatic hydroxyl groups excluding tert-OH is 1. The molecule has 4 unspecified atom stereocenters. The molecule has 1 aliphatic carbocycles. The van der Waals surface area contributed by atoms with Crippen molar-refractivity contribution in [1.29, 1.82) is 0 Å². The molecule has 21 heavy (non-hydrogen) atoms. The average molecular weight is 290 g/mol. The lowest BCUT2D eigenvalue weighted by Gasteiger charge is -2.23. The van der Waals surface area contributed by atoms with Crippen LogP contribution in [0.15, 0.2) is 18.2 Å². The maximum atomic E-state index is 11.4. The fourth-order valence-electron chi connectivity index (χ4n) is 3.72. The molecule has 0 spiro atoms. The van der Waals surface area contributed by atoms with Gasteiger partial charge in [-0.2, -0.15) is 0 Å². The standard InChI is InChI=1S/C18H26O3/c1-4-12-6-7-14(10-13(12)5-2)17(19)15-8-11(3)9-16(15)18(20)21/h6-7,10-11,15-17,19H,4-5,8-9H2,1-3H3,(H,20,21). The minimum absolute atomic E-state index is 0.172. The van der Waals surface area contributed by atoms with E-state index in [-0.39, 0.29) is 5.92 Å². The lowest BCUT2D eigenvalue weighted by atomic mass is 9.85. The number of hydrogen-bond acceptors (Lipinski definition) is 2. The monoisotopic (exact) mass is 290 g/mol. The van der Waals surface area contributed by atoms with E-state index in [1.54, 1.807) is 0 Å². The molecule has 1 saturated carbocycles. The molecule has 0 heterocycles. The number of aliphatic hydroxyl groups is 1. The largest absolute Gasteiger partial charge is 0.481 e. The van der Waals surface area contributed by atoms with Crippen LogP contribution < -0.4 is 0 Å². The molecule has 1 fully saturated rings. The van der Waals surface area contributed by atoms with E-state index >= 15 is 0 Å². The Kier molecular flexibility index (Phi) is 5.04. The molecule has 0 saturated heterocycles. The Morgan fingerprint density at radius 2 is 1.90 bits per heavy atom. The molecule has 0 aromatic heterocycles. The third-order valence-corrected chi connectivity index (χ3v) is 4.90. The highest BCUT2D eigenvalue weighted by Gasteiger charge is 2.41. The highest BCUT2D eigenvalue weighted by atomic mass is 16.4. The second kappa shape index (κ2) is 6.61. The molecule has 0 aliphatic heterocycles. The van der Waals surface area contributed by atoms with E-state index in [1.807, 2.05) is 6.07 Å². The van der Waals surface area contributed by atoms with Crippen LogP contribution in [-0.2, 0) is 17.6 Å². The maximum absolute atomic E-state index is 11.4. The van der Waals surface area contributed by atoms with Crippen molar-refractivity contribution < 1.29 is 15.0 Å². The second-order valence-electron chi connectivity index (χ2n) is 6.37. The van der Waals surface area contributed by atoms with Gasteiger partial charge < -0.3 is 10.2 Å². The van der Waals surface area contributed by atoms with Gasteiger partial charge in [-0.3, -0.25) is 4.79 Å². The number of aryl methyl sites for hydroxylation is 2. The Morgan fingerprint density at radius 3 is 2.48 bits per heavy atom. The fraction of sp³-hybridized carbons (Fsp3) is 0.611. The summed E-state index contributed by atoms with van der Waals surface area (Å²) in [7, 11) is 0. The molecule has 3 nitrogen and oxygen atoms in total. The summed E-state index contributed by atoms with van der Waals surface area (Å²) in [6.07, 6.45) is 2.71. The molecule has 0 radical (unpaired) electrons. The van der Waals surface area contributed by atoms with Crippen LogP contribution in [0.4, 0.5) is 0 Å². The van der Waals surface area contributed by atoms with Crippen molar-refractivity contribution in [3.63, 3.8) is 0 Å². The van der Waals surface area contributed by atoms with E-state index < -0.39 is 18.0 Å². The summed E-state index contributed by atoms with van der Waals surface area (Å²) in [4.78, 5) is 11.4. The number of carbonyl (C=O) groups is 1. The van der Waals surface area contributed by atoms with Gasteiger partial charge in [-0.25, -0.2) is 0 Å². The smallest absolute Gasteiger partial charge is 0.306 e. The van der Waals surface area contributed by atoms with Crippen molar-refractivity contribution in [3.8, 4) is 0 Å². The van der Waals surface area contributed by atoms with Crippen LogP contribution in [0, 0.1) is 17.8 Å². The Hall–Kier alpha value is -1.35. The minimum Gasteiger partial charge on any atom is -0.481 e. The van der Waals surface area contributed by atoms with Gasteiger partial charge in [0.25, 0.3) is 0 Å². The van der Waals surface area contributed by atoms with Gasteiger partial charge in [0, 0.05) is 5.92 Å². The van der Waals surface area contributed by atoms with E-state index in [0.29, 0.717) is 12.3 Å². The van der Waals surface area contributed by atoms with Crippen molar-refractivity contribution in [2.75, 3.05) is 0 Å². The second-order valence-corrected chi connectivity index (χ2v) is 6.37. The third-order valence-electron chi connectivity index (χ3n) is 4.90. The van der Waals surface area contributed by atoms with Crippen LogP contribution in [0.5, 0.6) is 0 Å². The number of carboxylic acid groups (broad SMARTS) is 1. The van der Waals surface area contributed by atoms with Crippen molar-refractivity contribution in [3.05, 3.63) is 34.9 Å². The van der Waals surface area contributed by atoms with Crippen LogP contribution in [0.1, 0.15) is 56.4 Å². The summed E-state index contributed by atoms with van der Waals surface area (Å²) in [5, 5.41) is 20.0. The molecule has 116 valence electrons. The molecular formula is C18H26O3. The SMILES string of the molecule is CCc1ccc(C(O)C2CC(C)CC2C(=O)O)cc1CC. The van der Waals surface area contributed by atoms with Crippen molar-refractivity contribution in [2.45, 2.75) is 52.6 Å². The Balaban J connectivity index is 2.26. The zero-order valence-electron chi connectivity index (χ0n) is 13.2. The first-order valence-corrected chi connectivity index (χ1v) is 8.00. The van der Waals surface area contributed by atoms with Gasteiger partial charge >= 0.3 is 5.97 Å². The zero-order chi connectivity index (χ0) is 15.6. The number of benzene rings is 1. The first-order chi connectivity index (χ1) is 9.97. The highest BCUT2D eigenvalue weighted by Crippen LogP contribution is 2.43. The van der Waals surface area contributed by atoms with Gasteiger partial charge in [0.15, 0.2) is 0 Å². The van der Waals surface area contributed by atoms with Gasteiger partial charge in [-0.15, -0.1) is 0 Å². The predicted octanol–water partition coefficient (Wildman–Crippen LogP) is 3.59. The van der Waals surface area contributed by atoms with Crippen LogP contribution >= 0.6 is 0 Å². The minimum atomic E-state index is -0.774. The Labute approximate surface area is 127 Å². The quantitative estimate of drug-likeness (QED) is 0.871. The van der Waals surface area contributed by atoms with E-state index in [0.717, 1.165) is 24.8 Å². The van der Waals surface area contributed by atoms with Crippen molar-refractivity contribution in [1.82, 2.24) is 0 Å². The predicted molar refractivity (Wildman–Crippen MR) is 83.2 cm³/mol. The molecule has 1 aromatic rings. The molecule has 2 rings (SSSR count). The Bertz CT molecular complexity index is 509. The summed E-state index contributed by atoms with van der Waals surface area (Å²) in [5.74, 6) is -1.00. The third kappa shape index (κ3) is 3.29.